The Balaban J connectivity index is 1.62. The number of aliphatic hydroxyl groups excluding tert-OH is 1. The van der Waals surface area contributed by atoms with E-state index in [1.807, 2.05) is 26.1 Å². The number of halogens is 2. The van der Waals surface area contributed by atoms with Gasteiger partial charge in [-0.1, -0.05) is 36.2 Å². The molecule has 0 bridgehead atoms. The molecule has 1 aromatic heterocycles. The molecule has 10 nitrogen and oxygen atoms in total. The minimum atomic E-state index is -3.97. The predicted octanol–water partition coefficient (Wildman–Crippen LogP) is 3.88. The molecular formula is C27H33Cl2N5O5S. The molecule has 0 unspecified atom stereocenters. The zero-order valence-electron chi connectivity index (χ0n) is 22.7. The van der Waals surface area contributed by atoms with Gasteiger partial charge in [0.2, 0.25) is 0 Å². The summed E-state index contributed by atoms with van der Waals surface area (Å²) >= 11 is 12.2. The number of hydrogen-bond acceptors (Lipinski definition) is 7. The maximum absolute atomic E-state index is 13.7. The van der Waals surface area contributed by atoms with Gasteiger partial charge in [-0.2, -0.15) is 8.42 Å². The molecule has 0 radical (unpaired) electrons. The highest BCUT2D eigenvalue weighted by Crippen LogP contribution is 2.31. The second-order valence-corrected chi connectivity index (χ2v) is 12.7. The van der Waals surface area contributed by atoms with E-state index in [2.05, 4.69) is 14.6 Å². The maximum atomic E-state index is 13.7. The summed E-state index contributed by atoms with van der Waals surface area (Å²) in [6.07, 6.45) is 2.46. The number of nitrogens with one attached hydrogen (secondary N) is 1. The Kier molecular flexibility index (Phi) is 9.31. The number of imidazole rings is 1. The molecule has 2 N–H and O–H groups in total. The standard InChI is InChI=1S/C27H33Cl2N5O5S/c1-17-11-34(18(2)15-35)27(36)21-10-20(31-40(37,38)26-14-33(4)16-30-26)6-8-24(21)39-25(17)13-32(3)12-19-5-7-22(28)23(29)9-19/h5-10,14,16-18,25,31,35H,11-13,15H2,1-4H3/t17-,18-,25-/m1/s1. The number of aryl methyl sites for hydroxylation is 1. The third-order valence-electron chi connectivity index (χ3n) is 6.80. The van der Waals surface area contributed by atoms with E-state index in [0.717, 1.165) is 5.56 Å². The van der Waals surface area contributed by atoms with Gasteiger partial charge in [0.1, 0.15) is 11.9 Å². The molecule has 0 fully saturated rings. The summed E-state index contributed by atoms with van der Waals surface area (Å²) in [5, 5.41) is 10.7. The molecule has 13 heteroatoms. The van der Waals surface area contributed by atoms with Gasteiger partial charge in [-0.05, 0) is 49.9 Å². The molecule has 0 saturated carbocycles. The van der Waals surface area contributed by atoms with Crippen molar-refractivity contribution in [2.24, 2.45) is 13.0 Å². The van der Waals surface area contributed by atoms with Crippen molar-refractivity contribution in [2.75, 3.05) is 31.5 Å². The fourth-order valence-corrected chi connectivity index (χ4v) is 5.91. The van der Waals surface area contributed by atoms with Crippen molar-refractivity contribution < 1.29 is 23.1 Å². The van der Waals surface area contributed by atoms with E-state index in [9.17, 15) is 18.3 Å². The Bertz CT molecular complexity index is 1480. The Morgan fingerprint density at radius 1 is 1.23 bits per heavy atom. The van der Waals surface area contributed by atoms with Crippen LogP contribution in [0, 0.1) is 5.92 Å². The largest absolute Gasteiger partial charge is 0.488 e. The van der Waals surface area contributed by atoms with Gasteiger partial charge in [0.25, 0.3) is 15.9 Å². The van der Waals surface area contributed by atoms with Crippen LogP contribution in [0.3, 0.4) is 0 Å². The third kappa shape index (κ3) is 6.90. The fraction of sp³-hybridized carbons (Fsp3) is 0.407. The van der Waals surface area contributed by atoms with Crippen molar-refractivity contribution in [3.63, 3.8) is 0 Å². The van der Waals surface area contributed by atoms with Crippen molar-refractivity contribution in [3.05, 3.63) is 70.1 Å². The molecule has 216 valence electrons. The Labute approximate surface area is 244 Å². The Morgan fingerprint density at radius 3 is 2.62 bits per heavy atom. The lowest BCUT2D eigenvalue weighted by Gasteiger charge is -2.38. The lowest BCUT2D eigenvalue weighted by molar-refractivity contribution is 0.0341. The number of fused-ring (bicyclic) bond motifs is 1. The number of amides is 1. The summed E-state index contributed by atoms with van der Waals surface area (Å²) in [6, 6.07) is 9.66. The summed E-state index contributed by atoms with van der Waals surface area (Å²) in [5.41, 5.74) is 1.39. The first-order chi connectivity index (χ1) is 18.9. The summed E-state index contributed by atoms with van der Waals surface area (Å²) in [5.74, 6) is -0.102. The highest BCUT2D eigenvalue weighted by molar-refractivity contribution is 7.92. The molecule has 40 heavy (non-hydrogen) atoms. The number of aromatic nitrogens is 2. The number of hydrogen-bond donors (Lipinski definition) is 2. The van der Waals surface area contributed by atoms with Crippen molar-refractivity contribution >= 4 is 44.8 Å². The van der Waals surface area contributed by atoms with Crippen LogP contribution in [0.15, 0.2) is 53.9 Å². The van der Waals surface area contributed by atoms with Crippen LogP contribution in [-0.4, -0.2) is 77.7 Å². The van der Waals surface area contributed by atoms with Gasteiger partial charge in [-0.3, -0.25) is 14.4 Å². The number of carbonyl (C=O) groups is 1. The quantitative estimate of drug-likeness (QED) is 0.378. The normalized spacial score (nSPS) is 18.6. The molecule has 3 atom stereocenters. The van der Waals surface area contributed by atoms with Crippen LogP contribution in [0.1, 0.15) is 29.8 Å². The topological polar surface area (TPSA) is 117 Å². The predicted molar refractivity (Wildman–Crippen MR) is 154 cm³/mol. The number of carbonyl (C=O) groups excluding carboxylic acids is 1. The monoisotopic (exact) mass is 609 g/mol. The minimum absolute atomic E-state index is 0.0790. The molecule has 1 aliphatic heterocycles. The first-order valence-electron chi connectivity index (χ1n) is 12.7. The van der Waals surface area contributed by atoms with Gasteiger partial charge in [-0.25, -0.2) is 4.98 Å². The molecule has 2 aromatic carbocycles. The van der Waals surface area contributed by atoms with Gasteiger partial charge < -0.3 is 19.3 Å². The molecule has 4 rings (SSSR count). The number of aliphatic hydroxyl groups is 1. The smallest absolute Gasteiger partial charge is 0.280 e. The second kappa shape index (κ2) is 12.4. The highest BCUT2D eigenvalue weighted by Gasteiger charge is 2.34. The number of nitrogens with zero attached hydrogens (tertiary/aromatic N) is 4. The fourth-order valence-electron chi connectivity index (χ4n) is 4.56. The van der Waals surface area contributed by atoms with E-state index in [1.54, 1.807) is 37.1 Å². The van der Waals surface area contributed by atoms with Crippen LogP contribution in [0.5, 0.6) is 5.75 Å². The Morgan fingerprint density at radius 2 is 1.98 bits per heavy atom. The molecule has 1 amide bonds. The Hall–Kier alpha value is -2.83. The number of sulfonamides is 1. The van der Waals surface area contributed by atoms with Crippen LogP contribution < -0.4 is 9.46 Å². The summed E-state index contributed by atoms with van der Waals surface area (Å²) < 4.78 is 36.1. The lowest BCUT2D eigenvalue weighted by Crippen LogP contribution is -2.49. The summed E-state index contributed by atoms with van der Waals surface area (Å²) in [4.78, 5) is 21.3. The number of benzene rings is 2. The number of ether oxygens (including phenoxy) is 1. The third-order valence-corrected chi connectivity index (χ3v) is 8.81. The minimum Gasteiger partial charge on any atom is -0.488 e. The van der Waals surface area contributed by atoms with E-state index in [0.29, 0.717) is 35.4 Å². The van der Waals surface area contributed by atoms with Crippen molar-refractivity contribution in [1.29, 1.82) is 0 Å². The van der Waals surface area contributed by atoms with Crippen LogP contribution in [0.25, 0.3) is 0 Å². The van der Waals surface area contributed by atoms with Gasteiger partial charge >= 0.3 is 0 Å². The maximum Gasteiger partial charge on any atom is 0.280 e. The van der Waals surface area contributed by atoms with Gasteiger partial charge in [-0.15, -0.1) is 0 Å². The van der Waals surface area contributed by atoms with Gasteiger partial charge in [0, 0.05) is 44.5 Å². The zero-order chi connectivity index (χ0) is 29.2. The molecule has 0 aliphatic carbocycles. The molecule has 2 heterocycles. The molecule has 1 aliphatic rings. The first kappa shape index (κ1) is 30.1. The van der Waals surface area contributed by atoms with E-state index < -0.39 is 16.1 Å². The van der Waals surface area contributed by atoms with Crippen LogP contribution >= 0.6 is 23.2 Å². The molecule has 3 aromatic rings. The zero-order valence-corrected chi connectivity index (χ0v) is 25.0. The number of anilines is 1. The van der Waals surface area contributed by atoms with Gasteiger partial charge in [0.05, 0.1) is 34.6 Å². The molecule has 0 spiro atoms. The summed E-state index contributed by atoms with van der Waals surface area (Å²) in [6.45, 7) is 5.02. The average Bonchev–Trinajstić information content (AvgIpc) is 3.35. The number of likely N-dealkylation sites (N-methyl/N-ethyl adjacent to an activating group) is 1. The van der Waals surface area contributed by atoms with Crippen LogP contribution in [0.2, 0.25) is 10.0 Å². The van der Waals surface area contributed by atoms with Gasteiger partial charge in [0.15, 0.2) is 5.03 Å². The summed E-state index contributed by atoms with van der Waals surface area (Å²) in [7, 11) is -0.335. The van der Waals surface area contributed by atoms with Crippen molar-refractivity contribution in [1.82, 2.24) is 19.4 Å². The van der Waals surface area contributed by atoms with E-state index >= 15 is 0 Å². The van der Waals surface area contributed by atoms with E-state index in [-0.39, 0.29) is 40.8 Å². The SMILES string of the molecule is C[C@@H]1CN([C@H](C)CO)C(=O)c2cc(NS(=O)(=O)c3cn(C)cn3)ccc2O[C@@H]1CN(C)Cc1ccc(Cl)c(Cl)c1. The van der Waals surface area contributed by atoms with E-state index in [1.165, 1.54) is 23.2 Å². The average molecular weight is 611 g/mol. The van der Waals surface area contributed by atoms with Crippen molar-refractivity contribution in [2.45, 2.75) is 37.6 Å². The number of rotatable bonds is 9. The van der Waals surface area contributed by atoms with E-state index in [4.69, 9.17) is 27.9 Å². The van der Waals surface area contributed by atoms with Crippen LogP contribution in [-0.2, 0) is 23.6 Å². The molecular weight excluding hydrogens is 577 g/mol. The second-order valence-electron chi connectivity index (χ2n) is 10.3. The van der Waals surface area contributed by atoms with Crippen LogP contribution in [0.4, 0.5) is 5.69 Å². The lowest BCUT2D eigenvalue weighted by atomic mass is 9.99. The first-order valence-corrected chi connectivity index (χ1v) is 15.0. The highest BCUT2D eigenvalue weighted by atomic mass is 35.5. The molecule has 0 saturated heterocycles. The van der Waals surface area contributed by atoms with Crippen molar-refractivity contribution in [3.8, 4) is 5.75 Å².